The summed E-state index contributed by atoms with van der Waals surface area (Å²) in [5, 5.41) is 4.32. The number of anilines is 1. The van der Waals surface area contributed by atoms with E-state index in [4.69, 9.17) is 10.5 Å². The second-order valence-corrected chi connectivity index (χ2v) is 6.07. The van der Waals surface area contributed by atoms with Crippen LogP contribution in [0, 0.1) is 0 Å². The third-order valence-electron chi connectivity index (χ3n) is 4.22. The van der Waals surface area contributed by atoms with Crippen molar-refractivity contribution < 1.29 is 23.9 Å². The minimum atomic E-state index is -0.653. The summed E-state index contributed by atoms with van der Waals surface area (Å²) in [6, 6.07) is 11.7. The normalized spacial score (nSPS) is 15.9. The van der Waals surface area contributed by atoms with Crippen molar-refractivity contribution in [1.82, 2.24) is 10.6 Å². The molecule has 0 atom stereocenters. The molecule has 8 heteroatoms. The fourth-order valence-electron chi connectivity index (χ4n) is 3.02. The van der Waals surface area contributed by atoms with Gasteiger partial charge in [0.15, 0.2) is 5.75 Å². The molecule has 0 radical (unpaired) electrons. The predicted molar refractivity (Wildman–Crippen MR) is 99.6 cm³/mol. The molecule has 0 unspecified atom stereocenters. The number of carbonyl (C=O) groups is 4. The fraction of sp³-hybridized carbons (Fsp3) is 0. The van der Waals surface area contributed by atoms with Crippen LogP contribution < -0.4 is 21.1 Å². The first-order valence-electron chi connectivity index (χ1n) is 8.24. The molecular formula is C20H13N3O5. The van der Waals surface area contributed by atoms with E-state index in [1.165, 1.54) is 12.1 Å². The maximum Gasteiger partial charge on any atom is 0.259 e. The van der Waals surface area contributed by atoms with Crippen molar-refractivity contribution in [3.8, 4) is 11.5 Å². The molecule has 4 N–H and O–H groups in total. The Morgan fingerprint density at radius 3 is 1.93 bits per heavy atom. The Balaban J connectivity index is 1.96. The van der Waals surface area contributed by atoms with Crippen molar-refractivity contribution in [2.45, 2.75) is 0 Å². The van der Waals surface area contributed by atoms with Crippen molar-refractivity contribution in [1.29, 1.82) is 0 Å². The summed E-state index contributed by atoms with van der Waals surface area (Å²) in [6.45, 7) is 0. The van der Waals surface area contributed by atoms with Gasteiger partial charge in [0.1, 0.15) is 5.75 Å². The summed E-state index contributed by atoms with van der Waals surface area (Å²) < 4.78 is 5.90. The maximum absolute atomic E-state index is 12.3. The topological polar surface area (TPSA) is 128 Å². The molecule has 4 rings (SSSR count). The highest BCUT2D eigenvalue weighted by Crippen LogP contribution is 2.41. The number of hydrogen-bond donors (Lipinski definition) is 3. The number of rotatable bonds is 4. The number of nitrogen functional groups attached to an aromatic ring is 1. The van der Waals surface area contributed by atoms with Crippen molar-refractivity contribution in [3.05, 3.63) is 65.7 Å². The highest BCUT2D eigenvalue weighted by atomic mass is 16.5. The number of para-hydroxylation sites is 1. The highest BCUT2D eigenvalue weighted by molar-refractivity contribution is 6.38. The molecular weight excluding hydrogens is 362 g/mol. The van der Waals surface area contributed by atoms with Crippen molar-refractivity contribution in [2.24, 2.45) is 0 Å². The lowest BCUT2D eigenvalue weighted by atomic mass is 9.92. The number of imide groups is 2. The van der Waals surface area contributed by atoms with E-state index in [-0.39, 0.29) is 33.7 Å². The van der Waals surface area contributed by atoms with Crippen LogP contribution in [0.2, 0.25) is 0 Å². The Morgan fingerprint density at radius 1 is 0.750 bits per heavy atom. The third-order valence-corrected chi connectivity index (χ3v) is 4.22. The lowest BCUT2D eigenvalue weighted by molar-refractivity contribution is -0.124. The van der Waals surface area contributed by atoms with Gasteiger partial charge >= 0.3 is 0 Å². The molecule has 0 aliphatic carbocycles. The van der Waals surface area contributed by atoms with Gasteiger partial charge in [0.25, 0.3) is 23.6 Å². The smallest absolute Gasteiger partial charge is 0.259 e. The second kappa shape index (κ2) is 6.51. The molecule has 8 nitrogen and oxygen atoms in total. The van der Waals surface area contributed by atoms with Gasteiger partial charge in [-0.1, -0.05) is 24.3 Å². The molecule has 28 heavy (non-hydrogen) atoms. The Kier molecular flexibility index (Phi) is 4.00. The average molecular weight is 375 g/mol. The van der Waals surface area contributed by atoms with Gasteiger partial charge in [0, 0.05) is 17.7 Å². The largest absolute Gasteiger partial charge is 0.455 e. The van der Waals surface area contributed by atoms with Gasteiger partial charge in [0.2, 0.25) is 0 Å². The molecule has 0 spiro atoms. The summed E-state index contributed by atoms with van der Waals surface area (Å²) in [5.41, 5.74) is 6.73. The van der Waals surface area contributed by atoms with Crippen LogP contribution in [0.25, 0.3) is 11.1 Å². The molecule has 138 valence electrons. The van der Waals surface area contributed by atoms with E-state index in [1.807, 2.05) is 0 Å². The monoisotopic (exact) mass is 375 g/mol. The van der Waals surface area contributed by atoms with Gasteiger partial charge in [0.05, 0.1) is 16.8 Å². The quantitative estimate of drug-likeness (QED) is 0.543. The summed E-state index contributed by atoms with van der Waals surface area (Å²) in [7, 11) is 0. The molecule has 0 saturated carbocycles. The van der Waals surface area contributed by atoms with Crippen molar-refractivity contribution in [2.75, 3.05) is 5.73 Å². The van der Waals surface area contributed by atoms with Crippen LogP contribution >= 0.6 is 0 Å². The van der Waals surface area contributed by atoms with E-state index in [1.54, 1.807) is 30.3 Å². The number of ether oxygens (including phenoxy) is 1. The molecule has 0 fully saturated rings. The van der Waals surface area contributed by atoms with Gasteiger partial charge in [-0.3, -0.25) is 29.8 Å². The zero-order chi connectivity index (χ0) is 19.8. The van der Waals surface area contributed by atoms with Crippen molar-refractivity contribution in [3.63, 3.8) is 0 Å². The minimum absolute atomic E-state index is 0.00807. The molecule has 2 aliphatic heterocycles. The lowest BCUT2D eigenvalue weighted by Crippen LogP contribution is -2.23. The molecule has 2 aromatic rings. The van der Waals surface area contributed by atoms with E-state index in [9.17, 15) is 19.2 Å². The Labute approximate surface area is 158 Å². The van der Waals surface area contributed by atoms with Crippen LogP contribution in [0.4, 0.5) is 5.69 Å². The Morgan fingerprint density at radius 2 is 1.36 bits per heavy atom. The first-order valence-corrected chi connectivity index (χ1v) is 8.24. The Bertz CT molecular complexity index is 1120. The van der Waals surface area contributed by atoms with E-state index >= 15 is 0 Å². The van der Waals surface area contributed by atoms with Gasteiger partial charge < -0.3 is 10.5 Å². The zero-order valence-electron chi connectivity index (χ0n) is 14.3. The van der Waals surface area contributed by atoms with Crippen molar-refractivity contribution >= 4 is 40.5 Å². The molecule has 4 amide bonds. The highest BCUT2D eigenvalue weighted by Gasteiger charge is 2.32. The average Bonchev–Trinajstić information content (AvgIpc) is 3.17. The molecule has 2 heterocycles. The fourth-order valence-corrected chi connectivity index (χ4v) is 3.02. The van der Waals surface area contributed by atoms with Crippen LogP contribution in [0.1, 0.15) is 11.1 Å². The van der Waals surface area contributed by atoms with Crippen LogP contribution in [-0.4, -0.2) is 23.6 Å². The van der Waals surface area contributed by atoms with Gasteiger partial charge in [-0.2, -0.15) is 0 Å². The first-order chi connectivity index (χ1) is 13.4. The number of nitrogens with one attached hydrogen (secondary N) is 2. The van der Waals surface area contributed by atoms with Crippen LogP contribution in [-0.2, 0) is 19.2 Å². The number of carbonyl (C=O) groups excluding carboxylic acids is 4. The molecule has 2 aromatic carbocycles. The zero-order valence-corrected chi connectivity index (χ0v) is 14.3. The van der Waals surface area contributed by atoms with Crippen LogP contribution in [0.5, 0.6) is 11.5 Å². The first kappa shape index (κ1) is 17.2. The number of benzene rings is 2. The lowest BCUT2D eigenvalue weighted by Gasteiger charge is -2.17. The van der Waals surface area contributed by atoms with Crippen LogP contribution in [0.3, 0.4) is 0 Å². The standard InChI is InChI=1S/C20H13N3O5/c21-14-7-6-11(12-8-15(24)22-19(12)26)17(13-9-16(25)23-20(13)27)18(14)28-10-4-2-1-3-5-10/h1-9H,21H2,(H,22,24,26)(H,23,25,27). The second-order valence-electron chi connectivity index (χ2n) is 6.07. The predicted octanol–water partition coefficient (Wildman–Crippen LogP) is 1.14. The van der Waals surface area contributed by atoms with E-state index in [0.29, 0.717) is 5.75 Å². The summed E-state index contributed by atoms with van der Waals surface area (Å²) in [5.74, 6) is -1.90. The third kappa shape index (κ3) is 2.92. The Hall–Kier alpha value is -4.20. The van der Waals surface area contributed by atoms with E-state index in [0.717, 1.165) is 12.2 Å². The number of nitrogens with two attached hydrogens (primary N) is 1. The summed E-state index contributed by atoms with van der Waals surface area (Å²) in [6.07, 6.45) is 2.23. The maximum atomic E-state index is 12.3. The molecule has 0 bridgehead atoms. The van der Waals surface area contributed by atoms with Gasteiger partial charge in [-0.25, -0.2) is 0 Å². The molecule has 0 saturated heterocycles. The molecule has 0 aromatic heterocycles. The van der Waals surface area contributed by atoms with Gasteiger partial charge in [-0.15, -0.1) is 0 Å². The summed E-state index contributed by atoms with van der Waals surface area (Å²) >= 11 is 0. The van der Waals surface area contributed by atoms with E-state index in [2.05, 4.69) is 10.6 Å². The van der Waals surface area contributed by atoms with Crippen LogP contribution in [0.15, 0.2) is 54.6 Å². The number of hydrogen-bond acceptors (Lipinski definition) is 6. The molecule has 2 aliphatic rings. The minimum Gasteiger partial charge on any atom is -0.455 e. The summed E-state index contributed by atoms with van der Waals surface area (Å²) in [4.78, 5) is 47.9. The van der Waals surface area contributed by atoms with E-state index < -0.39 is 23.6 Å². The number of amides is 4. The van der Waals surface area contributed by atoms with Gasteiger partial charge in [-0.05, 0) is 23.8 Å². The SMILES string of the molecule is Nc1ccc(C2=CC(=O)NC2=O)c(C2=CC(=O)NC2=O)c1Oc1ccccc1.